The number of hydrogen-bond donors (Lipinski definition) is 2. The zero-order valence-electron chi connectivity index (χ0n) is 12.4. The average molecular weight is 313 g/mol. The standard InChI is InChI=1S/C17H19N3OS/c18-17(7-8-17)15(21)20-16-19-14(10-22-16)13-6-5-11-3-1-2-4-12(11)9-13/h5-6,9-10H,1-4,7-8,18H2,(H,19,20,21). The number of nitrogens with two attached hydrogens (primary N) is 1. The van der Waals surface area contributed by atoms with Crippen molar-refractivity contribution in [3.05, 3.63) is 34.7 Å². The molecule has 1 fully saturated rings. The van der Waals surface area contributed by atoms with Gasteiger partial charge in [-0.1, -0.05) is 12.1 Å². The highest BCUT2D eigenvalue weighted by Gasteiger charge is 2.46. The van der Waals surface area contributed by atoms with Crippen LogP contribution in [0.25, 0.3) is 11.3 Å². The number of nitrogens with zero attached hydrogens (tertiary/aromatic N) is 1. The third-order valence-electron chi connectivity index (χ3n) is 4.61. The van der Waals surface area contributed by atoms with Gasteiger partial charge in [-0.15, -0.1) is 11.3 Å². The Morgan fingerprint density at radius 1 is 1.23 bits per heavy atom. The van der Waals surface area contributed by atoms with Gasteiger partial charge in [0.1, 0.15) is 0 Å². The molecule has 5 heteroatoms. The Hall–Kier alpha value is -1.72. The lowest BCUT2D eigenvalue weighted by Crippen LogP contribution is -2.37. The van der Waals surface area contributed by atoms with Gasteiger partial charge in [-0.05, 0) is 55.7 Å². The van der Waals surface area contributed by atoms with Crippen LogP contribution < -0.4 is 11.1 Å². The maximum Gasteiger partial charge on any atom is 0.246 e. The van der Waals surface area contributed by atoms with Gasteiger partial charge in [-0.3, -0.25) is 4.79 Å². The van der Waals surface area contributed by atoms with E-state index in [1.165, 1.54) is 41.7 Å². The number of aryl methyl sites for hydroxylation is 2. The monoisotopic (exact) mass is 313 g/mol. The van der Waals surface area contributed by atoms with Crippen molar-refractivity contribution >= 4 is 22.4 Å². The molecule has 2 aliphatic rings. The molecule has 4 nitrogen and oxygen atoms in total. The van der Waals surface area contributed by atoms with Crippen LogP contribution in [0, 0.1) is 0 Å². The van der Waals surface area contributed by atoms with E-state index in [2.05, 4.69) is 28.5 Å². The fourth-order valence-corrected chi connectivity index (χ4v) is 3.65. The van der Waals surface area contributed by atoms with Crippen molar-refractivity contribution in [1.29, 1.82) is 0 Å². The number of hydrogen-bond acceptors (Lipinski definition) is 4. The summed E-state index contributed by atoms with van der Waals surface area (Å²) in [7, 11) is 0. The first-order valence-electron chi connectivity index (χ1n) is 7.82. The Morgan fingerprint density at radius 3 is 2.77 bits per heavy atom. The number of amides is 1. The highest BCUT2D eigenvalue weighted by Crippen LogP contribution is 2.34. The van der Waals surface area contributed by atoms with Crippen LogP contribution in [0.4, 0.5) is 5.13 Å². The number of thiazole rings is 1. The van der Waals surface area contributed by atoms with Gasteiger partial charge in [0.2, 0.25) is 5.91 Å². The van der Waals surface area contributed by atoms with Crippen molar-refractivity contribution in [2.24, 2.45) is 5.73 Å². The summed E-state index contributed by atoms with van der Waals surface area (Å²) in [6.07, 6.45) is 6.44. The molecular weight excluding hydrogens is 294 g/mol. The molecule has 114 valence electrons. The van der Waals surface area contributed by atoms with E-state index in [-0.39, 0.29) is 5.91 Å². The molecule has 1 saturated carbocycles. The molecule has 3 N–H and O–H groups in total. The molecule has 0 saturated heterocycles. The zero-order chi connectivity index (χ0) is 15.2. The predicted octanol–water partition coefficient (Wildman–Crippen LogP) is 3.12. The molecule has 0 radical (unpaired) electrons. The molecule has 2 aliphatic carbocycles. The molecule has 0 spiro atoms. The van der Waals surface area contributed by atoms with E-state index in [0.717, 1.165) is 30.5 Å². The maximum absolute atomic E-state index is 12.0. The van der Waals surface area contributed by atoms with Crippen LogP contribution in [0.5, 0.6) is 0 Å². The first-order valence-corrected chi connectivity index (χ1v) is 8.70. The molecule has 0 bridgehead atoms. The molecule has 2 aromatic rings. The summed E-state index contributed by atoms with van der Waals surface area (Å²) in [5.74, 6) is -0.112. The first kappa shape index (κ1) is 13.9. The lowest BCUT2D eigenvalue weighted by Gasteiger charge is -2.16. The van der Waals surface area contributed by atoms with Crippen LogP contribution in [0.1, 0.15) is 36.8 Å². The number of rotatable bonds is 3. The Bertz CT molecular complexity index is 733. The Balaban J connectivity index is 1.55. The fourth-order valence-electron chi connectivity index (χ4n) is 2.94. The van der Waals surface area contributed by atoms with Gasteiger partial charge < -0.3 is 11.1 Å². The van der Waals surface area contributed by atoms with Gasteiger partial charge in [0.15, 0.2) is 5.13 Å². The summed E-state index contributed by atoms with van der Waals surface area (Å²) in [6, 6.07) is 6.61. The average Bonchev–Trinajstić information content (AvgIpc) is 3.12. The second-order valence-corrected chi connectivity index (χ2v) is 7.20. The third kappa shape index (κ3) is 2.55. The van der Waals surface area contributed by atoms with E-state index >= 15 is 0 Å². The summed E-state index contributed by atoms with van der Waals surface area (Å²) in [5.41, 5.74) is 10.2. The molecule has 1 heterocycles. The normalized spacial score (nSPS) is 18.6. The van der Waals surface area contributed by atoms with E-state index in [4.69, 9.17) is 5.73 Å². The minimum absolute atomic E-state index is 0.112. The summed E-state index contributed by atoms with van der Waals surface area (Å²) in [5, 5.41) is 5.47. The van der Waals surface area contributed by atoms with Crippen LogP contribution in [0.15, 0.2) is 23.6 Å². The smallest absolute Gasteiger partial charge is 0.246 e. The third-order valence-corrected chi connectivity index (χ3v) is 5.37. The van der Waals surface area contributed by atoms with Crippen LogP contribution in [0.2, 0.25) is 0 Å². The number of fused-ring (bicyclic) bond motifs is 1. The minimum Gasteiger partial charge on any atom is -0.317 e. The summed E-state index contributed by atoms with van der Waals surface area (Å²) in [6.45, 7) is 0. The molecule has 4 rings (SSSR count). The first-order chi connectivity index (χ1) is 10.6. The molecule has 1 aromatic carbocycles. The summed E-state index contributed by atoms with van der Waals surface area (Å²) < 4.78 is 0. The van der Waals surface area contributed by atoms with Gasteiger partial charge in [0.25, 0.3) is 0 Å². The van der Waals surface area contributed by atoms with Gasteiger partial charge in [0, 0.05) is 10.9 Å². The maximum atomic E-state index is 12.0. The van der Waals surface area contributed by atoms with Crippen LogP contribution in [-0.2, 0) is 17.6 Å². The Kier molecular flexibility index (Phi) is 3.27. The molecular formula is C17H19N3OS. The fraction of sp³-hybridized carbons (Fsp3) is 0.412. The minimum atomic E-state index is -0.655. The largest absolute Gasteiger partial charge is 0.317 e. The van der Waals surface area contributed by atoms with E-state index in [0.29, 0.717) is 5.13 Å². The molecule has 0 atom stereocenters. The highest BCUT2D eigenvalue weighted by atomic mass is 32.1. The number of carbonyl (C=O) groups is 1. The van der Waals surface area contributed by atoms with Gasteiger partial charge in [-0.2, -0.15) is 0 Å². The van der Waals surface area contributed by atoms with Gasteiger partial charge >= 0.3 is 0 Å². The van der Waals surface area contributed by atoms with Crippen LogP contribution in [-0.4, -0.2) is 16.4 Å². The lowest BCUT2D eigenvalue weighted by atomic mass is 9.90. The number of nitrogens with one attached hydrogen (secondary N) is 1. The van der Waals surface area contributed by atoms with Crippen LogP contribution in [0.3, 0.4) is 0 Å². The van der Waals surface area contributed by atoms with Crippen molar-refractivity contribution in [3.8, 4) is 11.3 Å². The number of carbonyl (C=O) groups excluding carboxylic acids is 1. The van der Waals surface area contributed by atoms with Crippen molar-refractivity contribution in [2.45, 2.75) is 44.1 Å². The topological polar surface area (TPSA) is 68.0 Å². The molecule has 0 unspecified atom stereocenters. The highest BCUT2D eigenvalue weighted by molar-refractivity contribution is 7.14. The number of aromatic nitrogens is 1. The SMILES string of the molecule is NC1(C(=O)Nc2nc(-c3ccc4c(c3)CCCC4)cs2)CC1. The quantitative estimate of drug-likeness (QED) is 0.915. The van der Waals surface area contributed by atoms with E-state index < -0.39 is 5.54 Å². The lowest BCUT2D eigenvalue weighted by molar-refractivity contribution is -0.118. The van der Waals surface area contributed by atoms with Gasteiger partial charge in [-0.25, -0.2) is 4.98 Å². The second-order valence-electron chi connectivity index (χ2n) is 6.34. The summed E-state index contributed by atoms with van der Waals surface area (Å²) in [4.78, 5) is 16.5. The Morgan fingerprint density at radius 2 is 2.00 bits per heavy atom. The van der Waals surface area contributed by atoms with E-state index in [1.807, 2.05) is 5.38 Å². The zero-order valence-corrected chi connectivity index (χ0v) is 13.2. The van der Waals surface area contributed by atoms with Crippen molar-refractivity contribution < 1.29 is 4.79 Å². The van der Waals surface area contributed by atoms with E-state index in [9.17, 15) is 4.79 Å². The predicted molar refractivity (Wildman–Crippen MR) is 89.0 cm³/mol. The summed E-state index contributed by atoms with van der Waals surface area (Å²) >= 11 is 1.46. The van der Waals surface area contributed by atoms with Crippen molar-refractivity contribution in [1.82, 2.24) is 4.98 Å². The van der Waals surface area contributed by atoms with Crippen molar-refractivity contribution in [2.75, 3.05) is 5.32 Å². The molecule has 1 aromatic heterocycles. The number of anilines is 1. The Labute approximate surface area is 133 Å². The van der Waals surface area contributed by atoms with Crippen LogP contribution >= 0.6 is 11.3 Å². The van der Waals surface area contributed by atoms with Gasteiger partial charge in [0.05, 0.1) is 11.2 Å². The second kappa shape index (κ2) is 5.18. The van der Waals surface area contributed by atoms with Crippen molar-refractivity contribution in [3.63, 3.8) is 0 Å². The molecule has 22 heavy (non-hydrogen) atoms. The van der Waals surface area contributed by atoms with E-state index in [1.54, 1.807) is 0 Å². The molecule has 1 amide bonds. The number of benzene rings is 1. The molecule has 0 aliphatic heterocycles.